The van der Waals surface area contributed by atoms with Crippen molar-refractivity contribution in [1.82, 2.24) is 19.7 Å². The summed E-state index contributed by atoms with van der Waals surface area (Å²) in [7, 11) is -3.39. The predicted octanol–water partition coefficient (Wildman–Crippen LogP) is 1.66. The molecule has 2 aromatic rings. The van der Waals surface area contributed by atoms with Crippen molar-refractivity contribution in [3.05, 3.63) is 39.9 Å². The van der Waals surface area contributed by atoms with Gasteiger partial charge in [0.2, 0.25) is 10.0 Å². The Labute approximate surface area is 163 Å². The molecule has 0 saturated carbocycles. The summed E-state index contributed by atoms with van der Waals surface area (Å²) in [4.78, 5) is 9.33. The van der Waals surface area contributed by atoms with Crippen molar-refractivity contribution < 1.29 is 12.9 Å². The lowest BCUT2D eigenvalue weighted by Crippen LogP contribution is -2.53. The smallest absolute Gasteiger partial charge is 0.220 e. The lowest BCUT2D eigenvalue weighted by molar-refractivity contribution is 0.259. The minimum atomic E-state index is -3.39. The van der Waals surface area contributed by atoms with Gasteiger partial charge >= 0.3 is 0 Å². The van der Waals surface area contributed by atoms with Crippen LogP contribution in [-0.4, -0.2) is 61.5 Å². The van der Waals surface area contributed by atoms with Gasteiger partial charge in [-0.15, -0.1) is 11.3 Å². The summed E-state index contributed by atoms with van der Waals surface area (Å²) >= 11 is 1.75. The maximum atomic E-state index is 12.5. The van der Waals surface area contributed by atoms with Gasteiger partial charge in [0.05, 0.1) is 12.2 Å². The molecule has 3 heterocycles. The molecule has 1 aliphatic heterocycles. The normalized spacial score (nSPS) is 16.7. The molecule has 2 aromatic heterocycles. The monoisotopic (exact) mass is 411 g/mol. The maximum Gasteiger partial charge on any atom is 0.220 e. The number of aromatic nitrogens is 1. The molecule has 0 radical (unpaired) electrons. The molecule has 0 aromatic carbocycles. The number of nitrogens with one attached hydrogen (secondary N) is 1. The van der Waals surface area contributed by atoms with E-state index in [9.17, 15) is 8.42 Å². The Kier molecular flexibility index (Phi) is 6.51. The van der Waals surface area contributed by atoms with Gasteiger partial charge in [-0.1, -0.05) is 5.16 Å². The lowest BCUT2D eigenvalue weighted by Gasteiger charge is -2.35. The Morgan fingerprint density at radius 2 is 2.07 bits per heavy atom. The van der Waals surface area contributed by atoms with E-state index in [4.69, 9.17) is 9.52 Å². The highest BCUT2D eigenvalue weighted by Gasteiger charge is 2.28. The van der Waals surface area contributed by atoms with Crippen molar-refractivity contribution in [3.63, 3.8) is 0 Å². The van der Waals surface area contributed by atoms with E-state index in [1.807, 2.05) is 6.92 Å². The van der Waals surface area contributed by atoms with Gasteiger partial charge < -0.3 is 14.7 Å². The summed E-state index contributed by atoms with van der Waals surface area (Å²) in [5.74, 6) is 0.701. The summed E-state index contributed by atoms with van der Waals surface area (Å²) in [6.07, 6.45) is 1.39. The number of sulfonamides is 1. The van der Waals surface area contributed by atoms with Crippen molar-refractivity contribution in [2.24, 2.45) is 4.99 Å². The first kappa shape index (κ1) is 19.8. The molecular formula is C17H25N5O3S2. The second-order valence-corrected chi connectivity index (χ2v) is 9.66. The molecule has 8 nitrogen and oxygen atoms in total. The topological polar surface area (TPSA) is 91.0 Å². The number of rotatable bonds is 6. The Balaban J connectivity index is 1.60. The first-order valence-electron chi connectivity index (χ1n) is 8.93. The largest absolute Gasteiger partial charge is 0.364 e. The van der Waals surface area contributed by atoms with E-state index >= 15 is 0 Å². The van der Waals surface area contributed by atoms with Crippen LogP contribution in [0.1, 0.15) is 22.4 Å². The van der Waals surface area contributed by atoms with Crippen molar-refractivity contribution in [1.29, 1.82) is 0 Å². The molecule has 1 saturated heterocycles. The second-order valence-electron chi connectivity index (χ2n) is 6.32. The zero-order valence-corrected chi connectivity index (χ0v) is 17.2. The zero-order valence-electron chi connectivity index (χ0n) is 15.6. The summed E-state index contributed by atoms with van der Waals surface area (Å²) in [6, 6.07) is 5.78. The van der Waals surface area contributed by atoms with E-state index in [0.717, 1.165) is 12.5 Å². The van der Waals surface area contributed by atoms with Crippen LogP contribution in [0.4, 0.5) is 0 Å². The minimum absolute atomic E-state index is 0.130. The van der Waals surface area contributed by atoms with E-state index in [0.29, 0.717) is 38.4 Å². The fourth-order valence-electron chi connectivity index (χ4n) is 2.92. The highest BCUT2D eigenvalue weighted by atomic mass is 32.2. The van der Waals surface area contributed by atoms with E-state index in [1.54, 1.807) is 17.4 Å². The molecule has 1 fully saturated rings. The Bertz CT molecular complexity index is 853. The third-order valence-corrected chi connectivity index (χ3v) is 7.07. The number of nitrogens with zero attached hydrogens (tertiary/aromatic N) is 4. The second kappa shape index (κ2) is 8.85. The molecular weight excluding hydrogens is 386 g/mol. The van der Waals surface area contributed by atoms with E-state index in [2.05, 4.69) is 34.4 Å². The first-order chi connectivity index (χ1) is 13.0. The highest BCUT2D eigenvalue weighted by Crippen LogP contribution is 2.17. The minimum Gasteiger partial charge on any atom is -0.364 e. The lowest BCUT2D eigenvalue weighted by atomic mass is 10.4. The Morgan fingerprint density at radius 1 is 1.30 bits per heavy atom. The van der Waals surface area contributed by atoms with Gasteiger partial charge in [-0.05, 0) is 26.0 Å². The van der Waals surface area contributed by atoms with Crippen LogP contribution >= 0.6 is 11.3 Å². The molecule has 148 valence electrons. The van der Waals surface area contributed by atoms with Crippen LogP contribution < -0.4 is 5.32 Å². The van der Waals surface area contributed by atoms with Crippen LogP contribution in [0, 0.1) is 6.92 Å². The van der Waals surface area contributed by atoms with E-state index in [-0.39, 0.29) is 5.75 Å². The standard InChI is InChI=1S/C17H25N5O3S2/c1-3-18-17(19-12-16-5-4-14(2)26-16)21-7-9-22(10-8-21)27(23,24)13-15-6-11-25-20-15/h4-6,11H,3,7-10,12-13H2,1-2H3,(H,18,19). The van der Waals surface area contributed by atoms with Crippen molar-refractivity contribution in [3.8, 4) is 0 Å². The fraction of sp³-hybridized carbons (Fsp3) is 0.529. The van der Waals surface area contributed by atoms with E-state index < -0.39 is 10.0 Å². The quantitative estimate of drug-likeness (QED) is 0.574. The molecule has 0 unspecified atom stereocenters. The Hall–Kier alpha value is -1.91. The molecule has 0 spiro atoms. The van der Waals surface area contributed by atoms with Gasteiger partial charge in [0.1, 0.15) is 12.0 Å². The molecule has 0 bridgehead atoms. The molecule has 3 rings (SSSR count). The fourth-order valence-corrected chi connectivity index (χ4v) is 5.16. The SMILES string of the molecule is CCNC(=NCc1ccc(C)s1)N1CCN(S(=O)(=O)Cc2ccon2)CC1. The van der Waals surface area contributed by atoms with Crippen LogP contribution in [0.2, 0.25) is 0 Å². The highest BCUT2D eigenvalue weighted by molar-refractivity contribution is 7.88. The number of thiophene rings is 1. The van der Waals surface area contributed by atoms with Crippen LogP contribution in [0.15, 0.2) is 34.0 Å². The molecule has 27 heavy (non-hydrogen) atoms. The van der Waals surface area contributed by atoms with Crippen LogP contribution in [-0.2, 0) is 22.3 Å². The van der Waals surface area contributed by atoms with Gasteiger partial charge in [0.15, 0.2) is 5.96 Å². The number of aliphatic imine (C=N–C) groups is 1. The first-order valence-corrected chi connectivity index (χ1v) is 11.4. The molecule has 0 amide bonds. The number of guanidine groups is 1. The van der Waals surface area contributed by atoms with Crippen molar-refractivity contribution >= 4 is 27.3 Å². The summed E-state index contributed by atoms with van der Waals surface area (Å²) in [5, 5.41) is 7.01. The van der Waals surface area contributed by atoms with Gasteiger partial charge in [-0.25, -0.2) is 13.4 Å². The number of hydrogen-bond donors (Lipinski definition) is 1. The van der Waals surface area contributed by atoms with Crippen molar-refractivity contribution in [2.75, 3.05) is 32.7 Å². The summed E-state index contributed by atoms with van der Waals surface area (Å²) in [6.45, 7) is 7.59. The number of hydrogen-bond acceptors (Lipinski definition) is 6. The van der Waals surface area contributed by atoms with Gasteiger partial charge in [0, 0.05) is 48.5 Å². The molecule has 1 N–H and O–H groups in total. The summed E-state index contributed by atoms with van der Waals surface area (Å²) < 4.78 is 31.3. The van der Waals surface area contributed by atoms with E-state index in [1.165, 1.54) is 20.3 Å². The number of aryl methyl sites for hydroxylation is 1. The maximum absolute atomic E-state index is 12.5. The van der Waals surface area contributed by atoms with Gasteiger partial charge in [-0.2, -0.15) is 4.31 Å². The average molecular weight is 412 g/mol. The molecule has 1 aliphatic rings. The molecule has 10 heteroatoms. The van der Waals surface area contributed by atoms with Crippen LogP contribution in [0.3, 0.4) is 0 Å². The average Bonchev–Trinajstić information content (AvgIpc) is 3.30. The molecule has 0 atom stereocenters. The summed E-state index contributed by atoms with van der Waals surface area (Å²) in [5.41, 5.74) is 0.429. The van der Waals surface area contributed by atoms with Crippen LogP contribution in [0.25, 0.3) is 0 Å². The number of piperazine rings is 1. The van der Waals surface area contributed by atoms with Gasteiger partial charge in [0.25, 0.3) is 0 Å². The van der Waals surface area contributed by atoms with Crippen molar-refractivity contribution in [2.45, 2.75) is 26.1 Å². The zero-order chi connectivity index (χ0) is 19.3. The third-order valence-electron chi connectivity index (χ3n) is 4.27. The van der Waals surface area contributed by atoms with Gasteiger partial charge in [-0.3, -0.25) is 0 Å². The van der Waals surface area contributed by atoms with Crippen LogP contribution in [0.5, 0.6) is 0 Å². The predicted molar refractivity (Wildman–Crippen MR) is 106 cm³/mol. The Morgan fingerprint density at radius 3 is 2.67 bits per heavy atom. The molecule has 0 aliphatic carbocycles. The third kappa shape index (κ3) is 5.30.